The first-order valence-electron chi connectivity index (χ1n) is 11.0. The molecule has 4 saturated carbocycles. The van der Waals surface area contributed by atoms with Crippen LogP contribution in [0.25, 0.3) is 11.1 Å². The van der Waals surface area contributed by atoms with Gasteiger partial charge in [0.1, 0.15) is 8.24 Å². The number of rotatable bonds is 3. The average Bonchev–Trinajstić information content (AvgIpc) is 2.95. The molecule has 2 aromatic rings. The molecular weight excluding hydrogens is 342 g/mol. The van der Waals surface area contributed by atoms with Gasteiger partial charge in [0.2, 0.25) is 0 Å². The first-order valence-corrected chi connectivity index (χ1v) is 14.1. The fourth-order valence-electron chi connectivity index (χ4n) is 7.95. The van der Waals surface area contributed by atoms with Crippen molar-refractivity contribution >= 4 is 8.24 Å². The van der Waals surface area contributed by atoms with Crippen LogP contribution in [0.1, 0.15) is 55.2 Å². The van der Waals surface area contributed by atoms with Crippen molar-refractivity contribution in [2.45, 2.75) is 62.7 Å². The molecule has 0 saturated heterocycles. The third-order valence-corrected chi connectivity index (χ3v) is 11.4. The lowest BCUT2D eigenvalue weighted by atomic mass is 9.53. The molecule has 0 atom stereocenters. The second-order valence-electron chi connectivity index (χ2n) is 10.7. The summed E-state index contributed by atoms with van der Waals surface area (Å²) in [5.41, 5.74) is 7.15. The largest absolute Gasteiger partial charge is 0.331 e. The van der Waals surface area contributed by atoms with E-state index >= 15 is 0 Å². The molecular formula is C25H31NSi. The van der Waals surface area contributed by atoms with E-state index in [2.05, 4.69) is 66.6 Å². The Hall–Kier alpha value is -1.38. The van der Waals surface area contributed by atoms with Gasteiger partial charge in [-0.05, 0) is 78.5 Å². The molecule has 1 N–H and O–H groups in total. The van der Waals surface area contributed by atoms with Gasteiger partial charge in [-0.25, -0.2) is 0 Å². The van der Waals surface area contributed by atoms with Gasteiger partial charge in [-0.1, -0.05) is 61.6 Å². The molecule has 0 aliphatic heterocycles. The number of benzene rings is 2. The number of hydrogen-bond donors (Lipinski definition) is 1. The number of fused-ring (bicyclic) bond motifs is 3. The van der Waals surface area contributed by atoms with E-state index in [0.717, 1.165) is 17.8 Å². The topological polar surface area (TPSA) is 12.0 Å². The van der Waals surface area contributed by atoms with Crippen molar-refractivity contribution in [1.29, 1.82) is 0 Å². The fraction of sp³-hybridized carbons (Fsp3) is 0.520. The Morgan fingerprint density at radius 3 is 1.67 bits per heavy atom. The van der Waals surface area contributed by atoms with Gasteiger partial charge in [-0.2, -0.15) is 0 Å². The highest BCUT2D eigenvalue weighted by molar-refractivity contribution is 6.77. The molecule has 0 unspecified atom stereocenters. The minimum atomic E-state index is -1.71. The van der Waals surface area contributed by atoms with Crippen LogP contribution in [0.3, 0.4) is 0 Å². The minimum Gasteiger partial charge on any atom is -0.331 e. The molecule has 2 aromatic carbocycles. The maximum atomic E-state index is 4.46. The van der Waals surface area contributed by atoms with E-state index in [1.165, 1.54) is 49.7 Å². The third kappa shape index (κ3) is 2.46. The SMILES string of the molecule is C[Si](C)(NC12CC3CC(CC(C3)C1)C2)C1c2ccccc2-c2ccccc21. The van der Waals surface area contributed by atoms with Crippen molar-refractivity contribution in [2.24, 2.45) is 17.8 Å². The molecule has 27 heavy (non-hydrogen) atoms. The summed E-state index contributed by atoms with van der Waals surface area (Å²) in [5, 5.41) is 0. The highest BCUT2D eigenvalue weighted by Gasteiger charge is 2.54. The van der Waals surface area contributed by atoms with Crippen LogP contribution in [0.5, 0.6) is 0 Å². The maximum Gasteiger partial charge on any atom is 0.131 e. The summed E-state index contributed by atoms with van der Waals surface area (Å²) in [7, 11) is -1.71. The van der Waals surface area contributed by atoms with Gasteiger partial charge in [-0.3, -0.25) is 0 Å². The molecule has 0 heterocycles. The van der Waals surface area contributed by atoms with Crippen LogP contribution in [0.4, 0.5) is 0 Å². The Morgan fingerprint density at radius 2 is 1.19 bits per heavy atom. The molecule has 2 heteroatoms. The van der Waals surface area contributed by atoms with E-state index in [1.54, 1.807) is 11.1 Å². The Labute approximate surface area is 164 Å². The van der Waals surface area contributed by atoms with Crippen LogP contribution in [-0.2, 0) is 0 Å². The lowest BCUT2D eigenvalue weighted by Crippen LogP contribution is -2.67. The molecule has 0 radical (unpaired) electrons. The highest BCUT2D eigenvalue weighted by atomic mass is 28.3. The number of nitrogens with one attached hydrogen (secondary N) is 1. The molecule has 5 aliphatic carbocycles. The quantitative estimate of drug-likeness (QED) is 0.641. The zero-order valence-electron chi connectivity index (χ0n) is 16.7. The summed E-state index contributed by atoms with van der Waals surface area (Å²) in [6, 6.07) is 18.4. The molecule has 7 rings (SSSR count). The summed E-state index contributed by atoms with van der Waals surface area (Å²) in [4.78, 5) is 4.46. The van der Waals surface area contributed by atoms with E-state index in [9.17, 15) is 0 Å². The summed E-state index contributed by atoms with van der Waals surface area (Å²) < 4.78 is 0. The Morgan fingerprint density at radius 1 is 0.741 bits per heavy atom. The van der Waals surface area contributed by atoms with Crippen molar-refractivity contribution in [2.75, 3.05) is 0 Å². The van der Waals surface area contributed by atoms with E-state index in [4.69, 9.17) is 0 Å². The Bertz CT molecular complexity index is 818. The van der Waals surface area contributed by atoms with Gasteiger partial charge in [0.25, 0.3) is 0 Å². The van der Waals surface area contributed by atoms with Gasteiger partial charge < -0.3 is 4.98 Å². The van der Waals surface area contributed by atoms with Gasteiger partial charge >= 0.3 is 0 Å². The van der Waals surface area contributed by atoms with Crippen LogP contribution >= 0.6 is 0 Å². The van der Waals surface area contributed by atoms with Crippen LogP contribution in [0, 0.1) is 17.8 Å². The predicted molar refractivity (Wildman–Crippen MR) is 115 cm³/mol. The zero-order chi connectivity index (χ0) is 18.2. The van der Waals surface area contributed by atoms with Gasteiger partial charge in [0.05, 0.1) is 0 Å². The van der Waals surface area contributed by atoms with E-state index in [-0.39, 0.29) is 0 Å². The molecule has 0 amide bonds. The normalized spacial score (nSPS) is 33.9. The van der Waals surface area contributed by atoms with Crippen molar-refractivity contribution in [3.8, 4) is 11.1 Å². The van der Waals surface area contributed by atoms with E-state index < -0.39 is 8.24 Å². The standard InChI is InChI=1S/C25H31NSi/c1-27(2,26-25-14-17-11-18(15-25)13-19(12-17)16-25)24-22-9-5-3-7-20(22)21-8-4-6-10-23(21)24/h3-10,17-19,24,26H,11-16H2,1-2H3. The zero-order valence-corrected chi connectivity index (χ0v) is 17.7. The first-order chi connectivity index (χ1) is 13.0. The second kappa shape index (κ2) is 5.58. The Balaban J connectivity index is 1.40. The lowest BCUT2D eigenvalue weighted by Gasteiger charge is -2.59. The molecule has 4 bridgehead atoms. The van der Waals surface area contributed by atoms with Crippen molar-refractivity contribution in [3.63, 3.8) is 0 Å². The van der Waals surface area contributed by atoms with Gasteiger partial charge in [0.15, 0.2) is 0 Å². The maximum absolute atomic E-state index is 4.46. The van der Waals surface area contributed by atoms with Crippen LogP contribution in [-0.4, -0.2) is 13.8 Å². The molecule has 1 nitrogen and oxygen atoms in total. The Kier molecular flexibility index (Phi) is 3.42. The monoisotopic (exact) mass is 373 g/mol. The summed E-state index contributed by atoms with van der Waals surface area (Å²) in [6.07, 6.45) is 8.93. The van der Waals surface area contributed by atoms with Crippen LogP contribution in [0.2, 0.25) is 13.1 Å². The lowest BCUT2D eigenvalue weighted by molar-refractivity contribution is -0.00983. The summed E-state index contributed by atoms with van der Waals surface area (Å²) >= 11 is 0. The molecule has 4 fully saturated rings. The highest BCUT2D eigenvalue weighted by Crippen LogP contribution is 2.57. The smallest absolute Gasteiger partial charge is 0.131 e. The predicted octanol–water partition coefficient (Wildman–Crippen LogP) is 6.10. The molecule has 0 aromatic heterocycles. The third-order valence-electron chi connectivity index (χ3n) is 8.18. The van der Waals surface area contributed by atoms with Crippen LogP contribution in [0.15, 0.2) is 48.5 Å². The number of hydrogen-bond acceptors (Lipinski definition) is 1. The van der Waals surface area contributed by atoms with E-state index in [0.29, 0.717) is 11.1 Å². The van der Waals surface area contributed by atoms with Crippen LogP contribution < -0.4 is 4.98 Å². The van der Waals surface area contributed by atoms with Crippen molar-refractivity contribution < 1.29 is 0 Å². The summed E-state index contributed by atoms with van der Waals surface area (Å²) in [6.45, 7) is 5.21. The average molecular weight is 374 g/mol. The van der Waals surface area contributed by atoms with Crippen molar-refractivity contribution in [1.82, 2.24) is 4.98 Å². The molecule has 5 aliphatic rings. The molecule has 140 valence electrons. The minimum absolute atomic E-state index is 0.455. The fourth-order valence-corrected chi connectivity index (χ4v) is 11.8. The van der Waals surface area contributed by atoms with E-state index in [1.807, 2.05) is 0 Å². The summed E-state index contributed by atoms with van der Waals surface area (Å²) in [5.74, 6) is 3.03. The van der Waals surface area contributed by atoms with Gasteiger partial charge in [-0.15, -0.1) is 0 Å². The first kappa shape index (κ1) is 16.6. The second-order valence-corrected chi connectivity index (χ2v) is 14.9. The molecule has 0 spiro atoms. The van der Waals surface area contributed by atoms with Crippen molar-refractivity contribution in [3.05, 3.63) is 59.7 Å². The van der Waals surface area contributed by atoms with Gasteiger partial charge in [0, 0.05) is 11.1 Å².